The van der Waals surface area contributed by atoms with Gasteiger partial charge in [0.25, 0.3) is 5.69 Å². The molecule has 0 amide bonds. The van der Waals surface area contributed by atoms with Crippen LogP contribution in [0.2, 0.25) is 0 Å². The van der Waals surface area contributed by atoms with Gasteiger partial charge in [0.05, 0.1) is 24.7 Å². The molecule has 0 aliphatic carbocycles. The fourth-order valence-corrected chi connectivity index (χ4v) is 2.13. The minimum Gasteiger partial charge on any atom is -0.493 e. The maximum Gasteiger partial charge on any atom is 0.336 e. The summed E-state index contributed by atoms with van der Waals surface area (Å²) in [6.45, 7) is 0. The average Bonchev–Trinajstić information content (AvgIpc) is 2.59. The Bertz CT molecular complexity index is 812. The molecule has 2 aromatic rings. The molecule has 0 aliphatic rings. The molecule has 0 spiro atoms. The van der Waals surface area contributed by atoms with E-state index in [1.165, 1.54) is 50.6 Å². The van der Waals surface area contributed by atoms with Crippen molar-refractivity contribution < 1.29 is 29.1 Å². The zero-order valence-corrected chi connectivity index (χ0v) is 12.8. The van der Waals surface area contributed by atoms with Crippen LogP contribution >= 0.6 is 0 Å². The number of hydrogen-bond acceptors (Lipinski definition) is 6. The average molecular weight is 331 g/mol. The van der Waals surface area contributed by atoms with E-state index in [0.29, 0.717) is 0 Å². The number of non-ortho nitro benzene ring substituents is 1. The first kappa shape index (κ1) is 16.9. The lowest BCUT2D eigenvalue weighted by atomic mass is 9.97. The molecule has 0 fully saturated rings. The lowest BCUT2D eigenvalue weighted by Gasteiger charge is -2.12. The number of nitro benzene ring substituents is 1. The molecule has 0 aliphatic heterocycles. The van der Waals surface area contributed by atoms with Crippen molar-refractivity contribution in [3.63, 3.8) is 0 Å². The van der Waals surface area contributed by atoms with Gasteiger partial charge in [0.15, 0.2) is 17.3 Å². The molecule has 0 aromatic heterocycles. The molecule has 0 atom stereocenters. The van der Waals surface area contributed by atoms with E-state index in [-0.39, 0.29) is 33.9 Å². The molecule has 8 nitrogen and oxygen atoms in total. The van der Waals surface area contributed by atoms with Crippen molar-refractivity contribution in [2.45, 2.75) is 0 Å². The third kappa shape index (κ3) is 3.17. The zero-order chi connectivity index (χ0) is 17.9. The Labute approximate surface area is 136 Å². The van der Waals surface area contributed by atoms with E-state index in [1.807, 2.05) is 0 Å². The minimum atomic E-state index is -1.30. The van der Waals surface area contributed by atoms with Crippen molar-refractivity contribution in [3.05, 3.63) is 63.2 Å². The molecule has 1 N–H and O–H groups in total. The van der Waals surface area contributed by atoms with E-state index in [1.54, 1.807) is 0 Å². The molecule has 0 saturated carbocycles. The van der Waals surface area contributed by atoms with Crippen LogP contribution in [0.1, 0.15) is 26.3 Å². The number of hydrogen-bond donors (Lipinski definition) is 1. The van der Waals surface area contributed by atoms with Crippen LogP contribution < -0.4 is 9.47 Å². The summed E-state index contributed by atoms with van der Waals surface area (Å²) in [5.74, 6) is -1.52. The summed E-state index contributed by atoms with van der Waals surface area (Å²) >= 11 is 0. The van der Waals surface area contributed by atoms with Crippen molar-refractivity contribution >= 4 is 17.4 Å². The fourth-order valence-electron chi connectivity index (χ4n) is 2.13. The number of carbonyl (C=O) groups is 2. The first-order valence-electron chi connectivity index (χ1n) is 6.67. The SMILES string of the molecule is COc1cc(C(=O)O)c(C(=O)c2ccc([N+](=O)[O-])cc2)cc1OC. The van der Waals surface area contributed by atoms with Crippen molar-refractivity contribution in [1.29, 1.82) is 0 Å². The predicted octanol–water partition coefficient (Wildman–Crippen LogP) is 2.54. The number of methoxy groups -OCH3 is 2. The van der Waals surface area contributed by atoms with Crippen LogP contribution in [-0.2, 0) is 0 Å². The highest BCUT2D eigenvalue weighted by Gasteiger charge is 2.22. The van der Waals surface area contributed by atoms with E-state index in [0.717, 1.165) is 0 Å². The van der Waals surface area contributed by atoms with E-state index in [9.17, 15) is 24.8 Å². The summed E-state index contributed by atoms with van der Waals surface area (Å²) in [6, 6.07) is 7.35. The summed E-state index contributed by atoms with van der Waals surface area (Å²) < 4.78 is 10.1. The molecule has 8 heteroatoms. The van der Waals surface area contributed by atoms with Gasteiger partial charge in [-0.15, -0.1) is 0 Å². The molecule has 0 unspecified atom stereocenters. The third-order valence-corrected chi connectivity index (χ3v) is 3.34. The Morgan fingerprint density at radius 1 is 1.00 bits per heavy atom. The number of carboxylic acid groups (broad SMARTS) is 1. The van der Waals surface area contributed by atoms with Crippen LogP contribution in [-0.4, -0.2) is 36.0 Å². The molecule has 2 rings (SSSR count). The van der Waals surface area contributed by atoms with Gasteiger partial charge in [0.2, 0.25) is 0 Å². The Hall–Kier alpha value is -3.42. The van der Waals surface area contributed by atoms with Crippen molar-refractivity contribution in [2.75, 3.05) is 14.2 Å². The number of nitro groups is 1. The topological polar surface area (TPSA) is 116 Å². The third-order valence-electron chi connectivity index (χ3n) is 3.34. The predicted molar refractivity (Wildman–Crippen MR) is 83.0 cm³/mol. The van der Waals surface area contributed by atoms with Gasteiger partial charge in [0, 0.05) is 23.3 Å². The minimum absolute atomic E-state index is 0.103. The molecule has 0 saturated heterocycles. The number of carbonyl (C=O) groups excluding carboxylic acids is 1. The van der Waals surface area contributed by atoms with Crippen molar-refractivity contribution in [2.24, 2.45) is 0 Å². The molecule has 0 bridgehead atoms. The number of benzene rings is 2. The highest BCUT2D eigenvalue weighted by molar-refractivity contribution is 6.14. The molecular formula is C16H13NO7. The zero-order valence-electron chi connectivity index (χ0n) is 12.8. The summed E-state index contributed by atoms with van der Waals surface area (Å²) in [6.07, 6.45) is 0. The van der Waals surface area contributed by atoms with Gasteiger partial charge in [-0.3, -0.25) is 14.9 Å². The van der Waals surface area contributed by atoms with Crippen LogP contribution in [0.25, 0.3) is 0 Å². The van der Waals surface area contributed by atoms with Crippen LogP contribution in [0.15, 0.2) is 36.4 Å². The van der Waals surface area contributed by atoms with E-state index < -0.39 is 16.7 Å². The number of nitrogens with zero attached hydrogens (tertiary/aromatic N) is 1. The number of ketones is 1. The monoisotopic (exact) mass is 331 g/mol. The van der Waals surface area contributed by atoms with Gasteiger partial charge in [0.1, 0.15) is 0 Å². The summed E-state index contributed by atoms with van der Waals surface area (Å²) in [5.41, 5.74) is -0.405. The number of ether oxygens (including phenoxy) is 2. The first-order valence-corrected chi connectivity index (χ1v) is 6.67. The Balaban J connectivity index is 2.55. The van der Waals surface area contributed by atoms with Gasteiger partial charge in [-0.2, -0.15) is 0 Å². The number of aromatic carboxylic acids is 1. The van der Waals surface area contributed by atoms with Crippen LogP contribution in [0.4, 0.5) is 5.69 Å². The van der Waals surface area contributed by atoms with Gasteiger partial charge in [-0.05, 0) is 24.3 Å². The first-order chi connectivity index (χ1) is 11.4. The molecular weight excluding hydrogens is 318 g/mol. The quantitative estimate of drug-likeness (QED) is 0.491. The largest absolute Gasteiger partial charge is 0.493 e. The van der Waals surface area contributed by atoms with Gasteiger partial charge in [-0.25, -0.2) is 4.79 Å². The van der Waals surface area contributed by atoms with Gasteiger partial charge in [-0.1, -0.05) is 0 Å². The van der Waals surface area contributed by atoms with E-state index in [4.69, 9.17) is 9.47 Å². The lowest BCUT2D eigenvalue weighted by molar-refractivity contribution is -0.384. The molecule has 124 valence electrons. The number of rotatable bonds is 6. The molecule has 0 radical (unpaired) electrons. The maximum atomic E-state index is 12.6. The van der Waals surface area contributed by atoms with Crippen molar-refractivity contribution in [1.82, 2.24) is 0 Å². The van der Waals surface area contributed by atoms with Crippen LogP contribution in [0.3, 0.4) is 0 Å². The second kappa shape index (κ2) is 6.78. The van der Waals surface area contributed by atoms with Crippen molar-refractivity contribution in [3.8, 4) is 11.5 Å². The molecule has 0 heterocycles. The fraction of sp³-hybridized carbons (Fsp3) is 0.125. The highest BCUT2D eigenvalue weighted by atomic mass is 16.6. The standard InChI is InChI=1S/C16H13NO7/c1-23-13-7-11(12(16(19)20)8-14(13)24-2)15(18)9-3-5-10(6-4-9)17(21)22/h3-8H,1-2H3,(H,19,20). The normalized spacial score (nSPS) is 10.1. The second-order valence-corrected chi connectivity index (χ2v) is 4.69. The number of carboxylic acids is 1. The van der Waals surface area contributed by atoms with Gasteiger partial charge < -0.3 is 14.6 Å². The van der Waals surface area contributed by atoms with E-state index in [2.05, 4.69) is 0 Å². The van der Waals surface area contributed by atoms with Gasteiger partial charge >= 0.3 is 5.97 Å². The van der Waals surface area contributed by atoms with Crippen LogP contribution in [0, 0.1) is 10.1 Å². The lowest BCUT2D eigenvalue weighted by Crippen LogP contribution is -2.11. The Morgan fingerprint density at radius 3 is 1.92 bits per heavy atom. The Morgan fingerprint density at radius 2 is 1.50 bits per heavy atom. The molecule has 24 heavy (non-hydrogen) atoms. The summed E-state index contributed by atoms with van der Waals surface area (Å²) in [7, 11) is 2.71. The maximum absolute atomic E-state index is 12.6. The summed E-state index contributed by atoms with van der Waals surface area (Å²) in [4.78, 5) is 34.1. The van der Waals surface area contributed by atoms with Crippen LogP contribution in [0.5, 0.6) is 11.5 Å². The smallest absolute Gasteiger partial charge is 0.336 e. The molecule has 2 aromatic carbocycles. The second-order valence-electron chi connectivity index (χ2n) is 4.69. The highest BCUT2D eigenvalue weighted by Crippen LogP contribution is 2.32. The Kier molecular flexibility index (Phi) is 4.78. The van der Waals surface area contributed by atoms with E-state index >= 15 is 0 Å². The summed E-state index contributed by atoms with van der Waals surface area (Å²) in [5, 5.41) is 20.0.